The van der Waals surface area contributed by atoms with Crippen molar-refractivity contribution >= 4 is 12.0 Å². The van der Waals surface area contributed by atoms with Gasteiger partial charge in [0.15, 0.2) is 0 Å². The van der Waals surface area contributed by atoms with Crippen LogP contribution in [0.3, 0.4) is 0 Å². The van der Waals surface area contributed by atoms with Gasteiger partial charge in [-0.15, -0.1) is 4.91 Å². The van der Waals surface area contributed by atoms with Crippen LogP contribution in [0.2, 0.25) is 0 Å². The maximum Gasteiger partial charge on any atom is 0.434 e. The summed E-state index contributed by atoms with van der Waals surface area (Å²) in [7, 11) is 0. The third-order valence-corrected chi connectivity index (χ3v) is 3.30. The van der Waals surface area contributed by atoms with E-state index in [4.69, 9.17) is 9.47 Å². The minimum atomic E-state index is -0.956. The first-order valence-electron chi connectivity index (χ1n) is 7.82. The van der Waals surface area contributed by atoms with Crippen LogP contribution in [0.15, 0.2) is 16.9 Å². The minimum Gasteiger partial charge on any atom is -0.442 e. The summed E-state index contributed by atoms with van der Waals surface area (Å²) >= 11 is 0. The number of rotatable bonds is 4. The molecule has 0 saturated carbocycles. The van der Waals surface area contributed by atoms with Crippen LogP contribution in [-0.2, 0) is 14.3 Å². The van der Waals surface area contributed by atoms with Crippen LogP contribution in [0.1, 0.15) is 48.5 Å². The highest BCUT2D eigenvalue weighted by molar-refractivity contribution is 5.83. The number of allylic oxidation sites excluding steroid dienone is 1. The van der Waals surface area contributed by atoms with E-state index in [-0.39, 0.29) is 6.04 Å². The second-order valence-electron chi connectivity index (χ2n) is 7.45. The Morgan fingerprint density at radius 2 is 1.96 bits per heavy atom. The average molecular weight is 341 g/mol. The third-order valence-electron chi connectivity index (χ3n) is 3.30. The maximum atomic E-state index is 12.7. The molecule has 136 valence electrons. The molecule has 0 bridgehead atoms. The van der Waals surface area contributed by atoms with Crippen molar-refractivity contribution in [1.82, 2.24) is 9.91 Å². The van der Waals surface area contributed by atoms with E-state index in [2.05, 4.69) is 5.29 Å². The van der Waals surface area contributed by atoms with Gasteiger partial charge in [0.1, 0.15) is 17.9 Å². The van der Waals surface area contributed by atoms with Crippen molar-refractivity contribution in [2.24, 2.45) is 5.29 Å². The van der Waals surface area contributed by atoms with E-state index < -0.39 is 29.9 Å². The number of ether oxygens (including phenoxy) is 2. The summed E-state index contributed by atoms with van der Waals surface area (Å²) in [5.74, 6) is -0.439. The van der Waals surface area contributed by atoms with Gasteiger partial charge >= 0.3 is 6.09 Å². The van der Waals surface area contributed by atoms with Gasteiger partial charge in [-0.2, -0.15) is 5.01 Å². The Labute approximate surface area is 142 Å². The molecule has 8 nitrogen and oxygen atoms in total. The topological polar surface area (TPSA) is 88.5 Å². The van der Waals surface area contributed by atoms with Gasteiger partial charge in [0.05, 0.1) is 17.9 Å². The monoisotopic (exact) mass is 341 g/mol. The molecule has 0 aromatic heterocycles. The molecule has 8 heteroatoms. The Morgan fingerprint density at radius 3 is 2.42 bits per heavy atom. The Bertz CT molecular complexity index is 532. The SMILES string of the molecule is CC(C)=C[C@H]1COC(C)(C)N1C(=O)CN(N=O)C(=O)OC(C)(C)C. The van der Waals surface area contributed by atoms with Crippen molar-refractivity contribution in [3.63, 3.8) is 0 Å². The molecular weight excluding hydrogens is 314 g/mol. The number of nitroso groups, excluding NO2 is 1. The van der Waals surface area contributed by atoms with Crippen LogP contribution in [0.25, 0.3) is 0 Å². The molecule has 1 aliphatic heterocycles. The molecule has 0 aromatic carbocycles. The molecule has 1 aliphatic rings. The van der Waals surface area contributed by atoms with Crippen LogP contribution in [0, 0.1) is 4.91 Å². The van der Waals surface area contributed by atoms with Crippen molar-refractivity contribution in [3.8, 4) is 0 Å². The maximum absolute atomic E-state index is 12.7. The highest BCUT2D eigenvalue weighted by atomic mass is 16.6. The molecule has 1 saturated heterocycles. The lowest BCUT2D eigenvalue weighted by atomic mass is 10.1. The summed E-state index contributed by atoms with van der Waals surface area (Å²) < 4.78 is 10.7. The standard InChI is InChI=1S/C16H27N3O5/c1-11(2)8-12-10-23-16(6,7)19(12)13(20)9-18(17-22)14(21)24-15(3,4)5/h8,12H,9-10H2,1-7H3/t12-/m0/s1. The zero-order chi connectivity index (χ0) is 18.7. The summed E-state index contributed by atoms with van der Waals surface area (Å²) in [5, 5.41) is 3.11. The van der Waals surface area contributed by atoms with E-state index in [1.807, 2.05) is 19.9 Å². The lowest BCUT2D eigenvalue weighted by molar-refractivity contribution is -0.146. The van der Waals surface area contributed by atoms with E-state index in [0.717, 1.165) is 5.57 Å². The first-order valence-corrected chi connectivity index (χ1v) is 7.82. The largest absolute Gasteiger partial charge is 0.442 e. The number of carbonyl (C=O) groups excluding carboxylic acids is 2. The molecule has 1 fully saturated rings. The Kier molecular flexibility index (Phi) is 6.10. The van der Waals surface area contributed by atoms with Crippen LogP contribution in [-0.4, -0.2) is 52.4 Å². The van der Waals surface area contributed by atoms with Gasteiger partial charge < -0.3 is 14.4 Å². The third kappa shape index (κ3) is 5.30. The van der Waals surface area contributed by atoms with E-state index >= 15 is 0 Å². The number of hydrogen-bond acceptors (Lipinski definition) is 6. The second kappa shape index (κ2) is 7.29. The quantitative estimate of drug-likeness (QED) is 0.446. The Balaban J connectivity index is 2.91. The number of hydrogen-bond donors (Lipinski definition) is 0. The molecule has 0 spiro atoms. The van der Waals surface area contributed by atoms with Crippen LogP contribution < -0.4 is 0 Å². The Hall–Kier alpha value is -1.96. The van der Waals surface area contributed by atoms with Crippen molar-refractivity contribution in [3.05, 3.63) is 16.6 Å². The fourth-order valence-electron chi connectivity index (χ4n) is 2.47. The van der Waals surface area contributed by atoms with Gasteiger partial charge in [-0.1, -0.05) is 11.6 Å². The number of amides is 2. The number of carbonyl (C=O) groups is 2. The molecule has 1 atom stereocenters. The van der Waals surface area contributed by atoms with Crippen LogP contribution in [0.5, 0.6) is 0 Å². The van der Waals surface area contributed by atoms with E-state index in [1.165, 1.54) is 4.90 Å². The molecule has 0 aromatic rings. The summed E-state index contributed by atoms with van der Waals surface area (Å²) in [4.78, 5) is 37.1. The summed E-state index contributed by atoms with van der Waals surface area (Å²) in [6, 6.07) is -0.260. The lowest BCUT2D eigenvalue weighted by Crippen LogP contribution is -2.51. The Morgan fingerprint density at radius 1 is 1.38 bits per heavy atom. The van der Waals surface area contributed by atoms with E-state index in [9.17, 15) is 14.5 Å². The van der Waals surface area contributed by atoms with Gasteiger partial charge in [-0.05, 0) is 48.5 Å². The highest BCUT2D eigenvalue weighted by Gasteiger charge is 2.43. The van der Waals surface area contributed by atoms with Crippen LogP contribution >= 0.6 is 0 Å². The zero-order valence-electron chi connectivity index (χ0n) is 15.5. The molecule has 0 radical (unpaired) electrons. The molecule has 0 aliphatic carbocycles. The normalized spacial score (nSPS) is 19.6. The molecule has 24 heavy (non-hydrogen) atoms. The van der Waals surface area contributed by atoms with Gasteiger partial charge in [-0.25, -0.2) is 4.79 Å². The van der Waals surface area contributed by atoms with Crippen molar-refractivity contribution < 1.29 is 19.1 Å². The fraction of sp³-hybridized carbons (Fsp3) is 0.750. The predicted molar refractivity (Wildman–Crippen MR) is 88.8 cm³/mol. The van der Waals surface area contributed by atoms with Crippen molar-refractivity contribution in [1.29, 1.82) is 0 Å². The smallest absolute Gasteiger partial charge is 0.434 e. The fourth-order valence-corrected chi connectivity index (χ4v) is 2.47. The molecule has 2 amide bonds. The van der Waals surface area contributed by atoms with Gasteiger partial charge in [0.25, 0.3) is 0 Å². The van der Waals surface area contributed by atoms with E-state index in [0.29, 0.717) is 11.6 Å². The second-order valence-corrected chi connectivity index (χ2v) is 7.45. The lowest BCUT2D eigenvalue weighted by Gasteiger charge is -2.33. The van der Waals surface area contributed by atoms with Crippen LogP contribution in [0.4, 0.5) is 4.79 Å². The molecule has 1 heterocycles. The van der Waals surface area contributed by atoms with Gasteiger partial charge in [0, 0.05) is 0 Å². The minimum absolute atomic E-state index is 0.260. The molecule has 0 N–H and O–H groups in total. The zero-order valence-corrected chi connectivity index (χ0v) is 15.5. The van der Waals surface area contributed by atoms with Crippen molar-refractivity contribution in [2.75, 3.05) is 13.2 Å². The molecular formula is C16H27N3O5. The van der Waals surface area contributed by atoms with Crippen molar-refractivity contribution in [2.45, 2.75) is 65.8 Å². The summed E-state index contributed by atoms with van der Waals surface area (Å²) in [6.07, 6.45) is 0.959. The predicted octanol–water partition coefficient (Wildman–Crippen LogP) is 2.83. The highest BCUT2D eigenvalue weighted by Crippen LogP contribution is 2.29. The van der Waals surface area contributed by atoms with E-state index in [1.54, 1.807) is 34.6 Å². The van der Waals surface area contributed by atoms with Gasteiger partial charge in [-0.3, -0.25) is 4.79 Å². The molecule has 1 rings (SSSR count). The average Bonchev–Trinajstić information content (AvgIpc) is 2.67. The number of nitrogens with zero attached hydrogens (tertiary/aromatic N) is 3. The van der Waals surface area contributed by atoms with Gasteiger partial charge in [0.2, 0.25) is 5.91 Å². The first kappa shape index (κ1) is 20.1. The molecule has 0 unspecified atom stereocenters. The summed E-state index contributed by atoms with van der Waals surface area (Å²) in [6.45, 7) is 12.2. The summed E-state index contributed by atoms with van der Waals surface area (Å²) in [5.41, 5.74) is -0.587. The first-order chi connectivity index (χ1) is 10.9.